The van der Waals surface area contributed by atoms with E-state index in [1.807, 2.05) is 40.9 Å². The molecule has 0 bridgehead atoms. The highest BCUT2D eigenvalue weighted by molar-refractivity contribution is 9.10. The number of hydrogen-bond acceptors (Lipinski definition) is 2. The molecule has 2 aromatic rings. The van der Waals surface area contributed by atoms with E-state index in [-0.39, 0.29) is 5.91 Å². The van der Waals surface area contributed by atoms with Crippen molar-refractivity contribution in [1.29, 1.82) is 0 Å². The minimum absolute atomic E-state index is 0.0899. The third-order valence-electron chi connectivity index (χ3n) is 3.67. The quantitative estimate of drug-likeness (QED) is 0.847. The number of nitrogens with zero attached hydrogens (tertiary/aromatic N) is 3. The van der Waals surface area contributed by atoms with Crippen LogP contribution in [0.25, 0.3) is 0 Å². The van der Waals surface area contributed by atoms with Crippen LogP contribution in [0.1, 0.15) is 28.7 Å². The minimum Gasteiger partial charge on any atom is -0.343 e. The van der Waals surface area contributed by atoms with Gasteiger partial charge in [-0.05, 0) is 40.5 Å². The summed E-state index contributed by atoms with van der Waals surface area (Å²) in [5, 5.41) is 0. The number of hydrogen-bond donors (Lipinski definition) is 0. The van der Waals surface area contributed by atoms with Gasteiger partial charge in [0, 0.05) is 48.6 Å². The van der Waals surface area contributed by atoms with Crippen LogP contribution in [0.2, 0.25) is 0 Å². The molecule has 0 radical (unpaired) electrons. The highest BCUT2D eigenvalue weighted by Gasteiger charge is 2.24. The normalized spacial score (nSPS) is 14.2. The molecule has 3 rings (SSSR count). The zero-order valence-corrected chi connectivity index (χ0v) is 12.9. The van der Waals surface area contributed by atoms with E-state index in [2.05, 4.69) is 27.0 Å². The van der Waals surface area contributed by atoms with E-state index in [0.717, 1.165) is 40.9 Å². The molecular weight excluding hydrogens is 318 g/mol. The van der Waals surface area contributed by atoms with Crippen molar-refractivity contribution in [2.24, 2.45) is 0 Å². The van der Waals surface area contributed by atoms with E-state index in [1.54, 1.807) is 0 Å². The van der Waals surface area contributed by atoms with E-state index in [4.69, 9.17) is 0 Å². The van der Waals surface area contributed by atoms with Crippen LogP contribution in [0.15, 0.2) is 35.1 Å². The lowest BCUT2D eigenvalue weighted by Crippen LogP contribution is -2.37. The van der Waals surface area contributed by atoms with Gasteiger partial charge < -0.3 is 9.47 Å². The summed E-state index contributed by atoms with van der Waals surface area (Å²) in [7, 11) is 0. The van der Waals surface area contributed by atoms with Crippen LogP contribution in [-0.2, 0) is 19.5 Å². The van der Waals surface area contributed by atoms with Gasteiger partial charge in [0.25, 0.3) is 5.91 Å². The van der Waals surface area contributed by atoms with Crippen molar-refractivity contribution in [3.63, 3.8) is 0 Å². The Kier molecular flexibility index (Phi) is 3.61. The number of amides is 1. The number of aromatic nitrogens is 2. The van der Waals surface area contributed by atoms with Gasteiger partial charge in [-0.25, -0.2) is 0 Å². The Bertz CT molecular complexity index is 650. The molecule has 0 N–H and O–H groups in total. The molecule has 5 heteroatoms. The molecule has 20 heavy (non-hydrogen) atoms. The fraction of sp³-hybridized carbons (Fsp3) is 0.333. The van der Waals surface area contributed by atoms with Crippen LogP contribution in [-0.4, -0.2) is 26.9 Å². The van der Waals surface area contributed by atoms with E-state index < -0.39 is 0 Å². The fourth-order valence-electron chi connectivity index (χ4n) is 2.62. The summed E-state index contributed by atoms with van der Waals surface area (Å²) in [6.07, 6.45) is 4.60. The van der Waals surface area contributed by atoms with Gasteiger partial charge in [0.05, 0.1) is 0 Å². The number of carbonyl (C=O) groups excluding carboxylic acids is 1. The first-order chi connectivity index (χ1) is 9.69. The zero-order chi connectivity index (χ0) is 14.1. The highest BCUT2D eigenvalue weighted by atomic mass is 79.9. The van der Waals surface area contributed by atoms with E-state index in [0.29, 0.717) is 6.54 Å². The maximum Gasteiger partial charge on any atom is 0.270 e. The summed E-state index contributed by atoms with van der Waals surface area (Å²) in [5.74, 6) is 0.0899. The molecular formula is C15H16BrN3O. The molecule has 4 nitrogen and oxygen atoms in total. The second kappa shape index (κ2) is 5.40. The van der Waals surface area contributed by atoms with Gasteiger partial charge in [-0.15, -0.1) is 0 Å². The standard InChI is InChI=1S/C15H16BrN3O/c1-2-18-10-12(16)8-14(18)15(20)19-7-5-13-11(9-19)4-3-6-17-13/h3-4,6,8,10H,2,5,7,9H2,1H3. The summed E-state index contributed by atoms with van der Waals surface area (Å²) in [6, 6.07) is 5.87. The topological polar surface area (TPSA) is 38.1 Å². The predicted molar refractivity (Wildman–Crippen MR) is 80.5 cm³/mol. The average Bonchev–Trinajstić information content (AvgIpc) is 2.87. The van der Waals surface area contributed by atoms with Crippen LogP contribution in [0, 0.1) is 0 Å². The van der Waals surface area contributed by atoms with Crippen molar-refractivity contribution in [2.75, 3.05) is 6.54 Å². The second-order valence-corrected chi connectivity index (χ2v) is 5.83. The molecule has 0 aliphatic carbocycles. The molecule has 3 heterocycles. The van der Waals surface area contributed by atoms with Crippen molar-refractivity contribution < 1.29 is 4.79 Å². The lowest BCUT2D eigenvalue weighted by atomic mass is 10.1. The molecule has 104 valence electrons. The van der Waals surface area contributed by atoms with Gasteiger partial charge in [-0.2, -0.15) is 0 Å². The van der Waals surface area contributed by atoms with Crippen molar-refractivity contribution >= 4 is 21.8 Å². The number of aryl methyl sites for hydroxylation is 1. The molecule has 2 aromatic heterocycles. The molecule has 0 aromatic carbocycles. The van der Waals surface area contributed by atoms with Gasteiger partial charge >= 0.3 is 0 Å². The Morgan fingerprint density at radius 3 is 3.15 bits per heavy atom. The Labute approximate surface area is 126 Å². The van der Waals surface area contributed by atoms with Gasteiger partial charge in [0.1, 0.15) is 5.69 Å². The lowest BCUT2D eigenvalue weighted by Gasteiger charge is -2.28. The van der Waals surface area contributed by atoms with Crippen LogP contribution in [0.3, 0.4) is 0 Å². The Morgan fingerprint density at radius 1 is 1.50 bits per heavy atom. The predicted octanol–water partition coefficient (Wildman–Crippen LogP) is 2.86. The summed E-state index contributed by atoms with van der Waals surface area (Å²) in [5.41, 5.74) is 3.01. The number of halogens is 1. The molecule has 0 unspecified atom stereocenters. The van der Waals surface area contributed by atoms with E-state index in [9.17, 15) is 4.79 Å². The molecule has 1 aliphatic rings. The largest absolute Gasteiger partial charge is 0.343 e. The molecule has 0 spiro atoms. The smallest absolute Gasteiger partial charge is 0.270 e. The van der Waals surface area contributed by atoms with Crippen LogP contribution in [0.4, 0.5) is 0 Å². The summed E-state index contributed by atoms with van der Waals surface area (Å²) >= 11 is 3.44. The van der Waals surface area contributed by atoms with Crippen LogP contribution >= 0.6 is 15.9 Å². The highest BCUT2D eigenvalue weighted by Crippen LogP contribution is 2.21. The zero-order valence-electron chi connectivity index (χ0n) is 11.3. The van der Waals surface area contributed by atoms with Crippen LogP contribution in [0.5, 0.6) is 0 Å². The van der Waals surface area contributed by atoms with Crippen molar-refractivity contribution in [1.82, 2.24) is 14.5 Å². The molecule has 0 saturated heterocycles. The third-order valence-corrected chi connectivity index (χ3v) is 4.11. The maximum atomic E-state index is 12.7. The Hall–Kier alpha value is -1.62. The van der Waals surface area contributed by atoms with Gasteiger partial charge in [-0.1, -0.05) is 6.07 Å². The molecule has 0 saturated carbocycles. The van der Waals surface area contributed by atoms with Crippen molar-refractivity contribution in [3.05, 3.63) is 52.0 Å². The third kappa shape index (κ3) is 2.38. The number of rotatable bonds is 2. The average molecular weight is 334 g/mol. The minimum atomic E-state index is 0.0899. The molecule has 0 fully saturated rings. The molecule has 0 atom stereocenters. The number of fused-ring (bicyclic) bond motifs is 1. The first kappa shape index (κ1) is 13.4. The number of carbonyl (C=O) groups is 1. The first-order valence-electron chi connectivity index (χ1n) is 6.76. The van der Waals surface area contributed by atoms with Gasteiger partial charge in [-0.3, -0.25) is 9.78 Å². The SMILES string of the molecule is CCn1cc(Br)cc1C(=O)N1CCc2ncccc2C1. The lowest BCUT2D eigenvalue weighted by molar-refractivity contribution is 0.0722. The van der Waals surface area contributed by atoms with Crippen LogP contribution < -0.4 is 0 Å². The monoisotopic (exact) mass is 333 g/mol. The maximum absolute atomic E-state index is 12.7. The summed E-state index contributed by atoms with van der Waals surface area (Å²) in [6.45, 7) is 4.21. The second-order valence-electron chi connectivity index (χ2n) is 4.92. The molecule has 1 amide bonds. The summed E-state index contributed by atoms with van der Waals surface area (Å²) < 4.78 is 2.92. The Morgan fingerprint density at radius 2 is 2.35 bits per heavy atom. The summed E-state index contributed by atoms with van der Waals surface area (Å²) in [4.78, 5) is 18.9. The Balaban J connectivity index is 1.85. The van der Waals surface area contributed by atoms with Crippen molar-refractivity contribution in [2.45, 2.75) is 26.4 Å². The van der Waals surface area contributed by atoms with Crippen molar-refractivity contribution in [3.8, 4) is 0 Å². The van der Waals surface area contributed by atoms with Gasteiger partial charge in [0.2, 0.25) is 0 Å². The van der Waals surface area contributed by atoms with Gasteiger partial charge in [0.15, 0.2) is 0 Å². The van der Waals surface area contributed by atoms with E-state index in [1.165, 1.54) is 0 Å². The molecule has 1 aliphatic heterocycles. The first-order valence-corrected chi connectivity index (χ1v) is 7.56. The van der Waals surface area contributed by atoms with E-state index >= 15 is 0 Å². The fourth-order valence-corrected chi connectivity index (χ4v) is 3.08. The number of pyridine rings is 1.